The van der Waals surface area contributed by atoms with E-state index in [1.165, 1.54) is 5.56 Å². The first-order chi connectivity index (χ1) is 15.7. The molecule has 6 nitrogen and oxygen atoms in total. The van der Waals surface area contributed by atoms with Crippen LogP contribution in [0.1, 0.15) is 46.6 Å². The fourth-order valence-corrected chi connectivity index (χ4v) is 5.23. The number of hydrogen-bond acceptors (Lipinski definition) is 5. The highest BCUT2D eigenvalue weighted by Gasteiger charge is 2.26. The number of benzene rings is 1. The van der Waals surface area contributed by atoms with Crippen LogP contribution in [0, 0.1) is 6.92 Å². The highest BCUT2D eigenvalue weighted by Crippen LogP contribution is 2.28. The second-order valence-electron chi connectivity index (χ2n) is 8.46. The van der Waals surface area contributed by atoms with Gasteiger partial charge in [0.15, 0.2) is 5.65 Å². The number of rotatable bonds is 6. The number of likely N-dealkylation sites (tertiary alicyclic amines) is 1. The summed E-state index contributed by atoms with van der Waals surface area (Å²) >= 11 is 1.67. The number of fused-ring (bicyclic) bond motifs is 1. The van der Waals surface area contributed by atoms with E-state index in [9.17, 15) is 4.79 Å². The molecule has 0 bridgehead atoms. The number of thiophene rings is 1. The molecule has 0 radical (unpaired) electrons. The molecule has 1 aliphatic rings. The minimum absolute atomic E-state index is 0.0651. The van der Waals surface area contributed by atoms with Crippen LogP contribution in [0.2, 0.25) is 0 Å². The van der Waals surface area contributed by atoms with Crippen LogP contribution in [0.4, 0.5) is 0 Å². The van der Waals surface area contributed by atoms with Gasteiger partial charge in [0, 0.05) is 17.0 Å². The van der Waals surface area contributed by atoms with Crippen molar-refractivity contribution in [3.05, 3.63) is 88.0 Å². The summed E-state index contributed by atoms with van der Waals surface area (Å²) in [6, 6.07) is 18.4. The fraction of sp³-hybridized carbons (Fsp3) is 0.320. The van der Waals surface area contributed by atoms with Gasteiger partial charge < -0.3 is 5.32 Å². The highest BCUT2D eigenvalue weighted by atomic mass is 32.1. The SMILES string of the molecule is Cc1ccc(C(NC(=O)CN2CCC(c3nnc4ccccn34)CC2)c2cccs2)cc1. The number of pyridine rings is 1. The molecule has 4 aromatic rings. The summed E-state index contributed by atoms with van der Waals surface area (Å²) in [5, 5.41) is 14.0. The molecule has 7 heteroatoms. The largest absolute Gasteiger partial charge is 0.343 e. The lowest BCUT2D eigenvalue weighted by molar-refractivity contribution is -0.123. The van der Waals surface area contributed by atoms with Crippen molar-refractivity contribution in [1.29, 1.82) is 0 Å². The van der Waals surface area contributed by atoms with Gasteiger partial charge in [-0.15, -0.1) is 21.5 Å². The van der Waals surface area contributed by atoms with Gasteiger partial charge in [0.05, 0.1) is 12.6 Å². The topological polar surface area (TPSA) is 62.5 Å². The van der Waals surface area contributed by atoms with E-state index in [1.54, 1.807) is 11.3 Å². The number of nitrogens with zero attached hydrogens (tertiary/aromatic N) is 4. The summed E-state index contributed by atoms with van der Waals surface area (Å²) in [6.45, 7) is 4.26. The second-order valence-corrected chi connectivity index (χ2v) is 9.44. The van der Waals surface area contributed by atoms with Crippen molar-refractivity contribution >= 4 is 22.9 Å². The Morgan fingerprint density at radius 1 is 1.09 bits per heavy atom. The molecule has 1 amide bonds. The van der Waals surface area contributed by atoms with E-state index in [0.29, 0.717) is 12.5 Å². The molecule has 1 aromatic carbocycles. The van der Waals surface area contributed by atoms with E-state index in [-0.39, 0.29) is 11.9 Å². The van der Waals surface area contributed by atoms with Gasteiger partial charge >= 0.3 is 0 Å². The number of amides is 1. The average Bonchev–Trinajstić information content (AvgIpc) is 3.49. The van der Waals surface area contributed by atoms with Gasteiger partial charge in [-0.1, -0.05) is 42.0 Å². The van der Waals surface area contributed by atoms with Crippen molar-refractivity contribution in [1.82, 2.24) is 24.8 Å². The van der Waals surface area contributed by atoms with Gasteiger partial charge in [0.2, 0.25) is 5.91 Å². The zero-order chi connectivity index (χ0) is 21.9. The van der Waals surface area contributed by atoms with Gasteiger partial charge in [-0.2, -0.15) is 0 Å². The molecule has 1 saturated heterocycles. The summed E-state index contributed by atoms with van der Waals surface area (Å²) in [7, 11) is 0. The van der Waals surface area contributed by atoms with Crippen LogP contribution >= 0.6 is 11.3 Å². The van der Waals surface area contributed by atoms with E-state index < -0.39 is 0 Å². The molecule has 1 N–H and O–H groups in total. The first-order valence-electron chi connectivity index (χ1n) is 11.1. The average molecular weight is 446 g/mol. The van der Waals surface area contributed by atoms with Crippen LogP contribution in [0.25, 0.3) is 5.65 Å². The van der Waals surface area contributed by atoms with Gasteiger partial charge in [0.1, 0.15) is 5.82 Å². The van der Waals surface area contributed by atoms with Crippen LogP contribution in [-0.2, 0) is 4.79 Å². The number of aryl methyl sites for hydroxylation is 1. The molecule has 1 atom stereocenters. The molecule has 164 valence electrons. The zero-order valence-corrected chi connectivity index (χ0v) is 19.0. The molecule has 0 saturated carbocycles. The quantitative estimate of drug-likeness (QED) is 0.484. The molecular weight excluding hydrogens is 418 g/mol. The number of carbonyl (C=O) groups excluding carboxylic acids is 1. The summed E-state index contributed by atoms with van der Waals surface area (Å²) in [5.74, 6) is 1.47. The van der Waals surface area contributed by atoms with E-state index in [2.05, 4.69) is 67.5 Å². The summed E-state index contributed by atoms with van der Waals surface area (Å²) in [5.41, 5.74) is 3.22. The van der Waals surface area contributed by atoms with Gasteiger partial charge in [-0.25, -0.2) is 0 Å². The Balaban J connectivity index is 1.21. The molecule has 0 aliphatic carbocycles. The van der Waals surface area contributed by atoms with Gasteiger partial charge in [0.25, 0.3) is 0 Å². The summed E-state index contributed by atoms with van der Waals surface area (Å²) < 4.78 is 2.08. The molecule has 32 heavy (non-hydrogen) atoms. The molecule has 4 heterocycles. The van der Waals surface area contributed by atoms with Crippen molar-refractivity contribution in [3.8, 4) is 0 Å². The maximum absolute atomic E-state index is 13.0. The van der Waals surface area contributed by atoms with Gasteiger partial charge in [-0.3, -0.25) is 14.1 Å². The van der Waals surface area contributed by atoms with Crippen molar-refractivity contribution < 1.29 is 4.79 Å². The van der Waals surface area contributed by atoms with E-state index >= 15 is 0 Å². The molecule has 0 spiro atoms. The van der Waals surface area contributed by atoms with Crippen LogP contribution in [0.3, 0.4) is 0 Å². The number of piperidine rings is 1. The number of carbonyl (C=O) groups is 1. The molecule has 3 aromatic heterocycles. The van der Waals surface area contributed by atoms with Crippen LogP contribution in [0.5, 0.6) is 0 Å². The first kappa shape index (κ1) is 20.8. The lowest BCUT2D eigenvalue weighted by atomic mass is 9.96. The smallest absolute Gasteiger partial charge is 0.234 e. The van der Waals surface area contributed by atoms with Gasteiger partial charge in [-0.05, 0) is 62.0 Å². The van der Waals surface area contributed by atoms with Crippen molar-refractivity contribution in [2.45, 2.75) is 31.7 Å². The minimum Gasteiger partial charge on any atom is -0.343 e. The van der Waals surface area contributed by atoms with Crippen LogP contribution in [-0.4, -0.2) is 45.0 Å². The monoisotopic (exact) mass is 445 g/mol. The molecule has 1 fully saturated rings. The van der Waals surface area contributed by atoms with Crippen molar-refractivity contribution in [2.24, 2.45) is 0 Å². The third-order valence-corrected chi connectivity index (χ3v) is 7.14. The zero-order valence-electron chi connectivity index (χ0n) is 18.1. The lowest BCUT2D eigenvalue weighted by Crippen LogP contribution is -2.42. The summed E-state index contributed by atoms with van der Waals surface area (Å²) in [4.78, 5) is 16.4. The van der Waals surface area contributed by atoms with Crippen LogP contribution in [0.15, 0.2) is 66.2 Å². The third kappa shape index (κ3) is 4.45. The van der Waals surface area contributed by atoms with E-state index in [4.69, 9.17) is 0 Å². The molecule has 1 unspecified atom stereocenters. The van der Waals surface area contributed by atoms with E-state index in [1.807, 2.05) is 30.5 Å². The standard InChI is InChI=1S/C25H27N5OS/c1-18-7-9-19(10-8-18)24(21-5-4-16-32-21)26-23(31)17-29-14-11-20(12-15-29)25-28-27-22-6-2-3-13-30(22)25/h2-10,13,16,20,24H,11-12,14-15,17H2,1H3,(H,26,31). The number of aromatic nitrogens is 3. The van der Waals surface area contributed by atoms with Crippen molar-refractivity contribution in [2.75, 3.05) is 19.6 Å². The predicted molar refractivity (Wildman–Crippen MR) is 127 cm³/mol. The van der Waals surface area contributed by atoms with Crippen molar-refractivity contribution in [3.63, 3.8) is 0 Å². The Kier molecular flexibility index (Phi) is 6.01. The normalized spacial score (nSPS) is 16.3. The highest BCUT2D eigenvalue weighted by molar-refractivity contribution is 7.10. The number of hydrogen-bond donors (Lipinski definition) is 1. The fourth-order valence-electron chi connectivity index (χ4n) is 4.43. The predicted octanol–water partition coefficient (Wildman–Crippen LogP) is 4.18. The Morgan fingerprint density at radius 2 is 1.91 bits per heavy atom. The molecule has 1 aliphatic heterocycles. The van der Waals surface area contributed by atoms with Crippen LogP contribution < -0.4 is 5.32 Å². The minimum atomic E-state index is -0.108. The Morgan fingerprint density at radius 3 is 2.66 bits per heavy atom. The van der Waals surface area contributed by atoms with E-state index in [0.717, 1.165) is 47.8 Å². The third-order valence-electron chi connectivity index (χ3n) is 6.20. The molecule has 5 rings (SSSR count). The number of nitrogens with one attached hydrogen (secondary N) is 1. The Hall–Kier alpha value is -3.03. The first-order valence-corrected chi connectivity index (χ1v) is 12.0. The Labute approximate surface area is 191 Å². The maximum atomic E-state index is 13.0. The Bertz CT molecular complexity index is 1180. The lowest BCUT2D eigenvalue weighted by Gasteiger charge is -2.31. The molecular formula is C25H27N5OS. The maximum Gasteiger partial charge on any atom is 0.234 e. The summed E-state index contributed by atoms with van der Waals surface area (Å²) in [6.07, 6.45) is 3.99. The second kappa shape index (κ2) is 9.22.